The van der Waals surface area contributed by atoms with Gasteiger partial charge in [0.2, 0.25) is 0 Å². The van der Waals surface area contributed by atoms with E-state index in [9.17, 15) is 0 Å². The molecule has 0 unspecified atom stereocenters. The van der Waals surface area contributed by atoms with E-state index in [2.05, 4.69) is 24.4 Å². The van der Waals surface area contributed by atoms with Crippen LogP contribution in [0.2, 0.25) is 0 Å². The van der Waals surface area contributed by atoms with E-state index in [0.29, 0.717) is 19.3 Å². The molecule has 0 radical (unpaired) electrons. The van der Waals surface area contributed by atoms with Crippen molar-refractivity contribution in [3.05, 3.63) is 23.3 Å². The highest BCUT2D eigenvalue weighted by atomic mass is 16.6. The molecule has 1 aliphatic heterocycles. The van der Waals surface area contributed by atoms with Crippen molar-refractivity contribution in [1.29, 1.82) is 0 Å². The lowest BCUT2D eigenvalue weighted by Gasteiger charge is -2.24. The van der Waals surface area contributed by atoms with Crippen molar-refractivity contribution < 1.29 is 9.47 Å². The molecule has 1 saturated carbocycles. The Kier molecular flexibility index (Phi) is 3.92. The summed E-state index contributed by atoms with van der Waals surface area (Å²) in [7, 11) is 0. The van der Waals surface area contributed by atoms with Crippen molar-refractivity contribution >= 4 is 0 Å². The third kappa shape index (κ3) is 3.03. The van der Waals surface area contributed by atoms with Gasteiger partial charge in [-0.1, -0.05) is 25.3 Å². The molecule has 2 aliphatic rings. The maximum atomic E-state index is 5.68. The first-order valence-electron chi connectivity index (χ1n) is 7.45. The molecular weight excluding hydrogens is 238 g/mol. The summed E-state index contributed by atoms with van der Waals surface area (Å²) in [4.78, 5) is 0. The molecule has 0 atom stereocenters. The lowest BCUT2D eigenvalue weighted by atomic mass is 9.95. The lowest BCUT2D eigenvalue weighted by Crippen LogP contribution is -2.30. The third-order valence-corrected chi connectivity index (χ3v) is 4.09. The van der Waals surface area contributed by atoms with Crippen LogP contribution in [0.25, 0.3) is 0 Å². The Labute approximate surface area is 115 Å². The number of rotatable bonds is 3. The van der Waals surface area contributed by atoms with Gasteiger partial charge in [-0.25, -0.2) is 0 Å². The van der Waals surface area contributed by atoms with E-state index in [1.165, 1.54) is 43.2 Å². The average Bonchev–Trinajstić information content (AvgIpc) is 2.46. The second-order valence-electron chi connectivity index (χ2n) is 5.65. The number of hydrogen-bond donors (Lipinski definition) is 1. The second kappa shape index (κ2) is 5.83. The van der Waals surface area contributed by atoms with Crippen LogP contribution in [0.3, 0.4) is 0 Å². The van der Waals surface area contributed by atoms with Gasteiger partial charge in [0.1, 0.15) is 13.2 Å². The topological polar surface area (TPSA) is 30.5 Å². The first-order chi connectivity index (χ1) is 9.33. The quantitative estimate of drug-likeness (QED) is 0.906. The zero-order valence-corrected chi connectivity index (χ0v) is 11.7. The first kappa shape index (κ1) is 12.8. The van der Waals surface area contributed by atoms with E-state index >= 15 is 0 Å². The van der Waals surface area contributed by atoms with Crippen LogP contribution in [0.5, 0.6) is 11.5 Å². The standard InChI is InChI=1S/C16H23NO2/c1-12-9-13(10-15-16(12)19-8-7-18-15)11-17-14-5-3-2-4-6-14/h9-10,14,17H,2-8,11H2,1H3. The molecule has 104 valence electrons. The molecule has 1 fully saturated rings. The van der Waals surface area contributed by atoms with Gasteiger partial charge in [0.25, 0.3) is 0 Å². The zero-order valence-electron chi connectivity index (χ0n) is 11.7. The van der Waals surface area contributed by atoms with Crippen LogP contribution in [0.1, 0.15) is 43.2 Å². The van der Waals surface area contributed by atoms with E-state index in [0.717, 1.165) is 18.0 Å². The largest absolute Gasteiger partial charge is 0.486 e. The Morgan fingerprint density at radius 1 is 1.11 bits per heavy atom. The molecule has 1 aromatic rings. The fourth-order valence-corrected chi connectivity index (χ4v) is 3.07. The van der Waals surface area contributed by atoms with E-state index < -0.39 is 0 Å². The van der Waals surface area contributed by atoms with Crippen molar-refractivity contribution in [2.45, 2.75) is 51.6 Å². The maximum absolute atomic E-state index is 5.68. The maximum Gasteiger partial charge on any atom is 0.164 e. The number of ether oxygens (including phenoxy) is 2. The summed E-state index contributed by atoms with van der Waals surface area (Å²) in [6.45, 7) is 4.35. The second-order valence-corrected chi connectivity index (χ2v) is 5.65. The molecular formula is C16H23NO2. The molecule has 3 heteroatoms. The summed E-state index contributed by atoms with van der Waals surface area (Å²) in [6.07, 6.45) is 6.80. The lowest BCUT2D eigenvalue weighted by molar-refractivity contribution is 0.170. The number of hydrogen-bond acceptors (Lipinski definition) is 3. The van der Waals surface area contributed by atoms with Gasteiger partial charge in [0.15, 0.2) is 11.5 Å². The number of fused-ring (bicyclic) bond motifs is 1. The fraction of sp³-hybridized carbons (Fsp3) is 0.625. The molecule has 0 amide bonds. The van der Waals surface area contributed by atoms with E-state index in [4.69, 9.17) is 9.47 Å². The first-order valence-corrected chi connectivity index (χ1v) is 7.45. The molecule has 0 saturated heterocycles. The molecule has 1 N–H and O–H groups in total. The van der Waals surface area contributed by atoms with Gasteiger partial charge < -0.3 is 14.8 Å². The Hall–Kier alpha value is -1.22. The Morgan fingerprint density at radius 2 is 1.89 bits per heavy atom. The van der Waals surface area contributed by atoms with Gasteiger partial charge in [-0.15, -0.1) is 0 Å². The summed E-state index contributed by atoms with van der Waals surface area (Å²) < 4.78 is 11.3. The van der Waals surface area contributed by atoms with Gasteiger partial charge in [-0.2, -0.15) is 0 Å². The smallest absolute Gasteiger partial charge is 0.164 e. The van der Waals surface area contributed by atoms with Crippen LogP contribution in [0, 0.1) is 6.92 Å². The third-order valence-electron chi connectivity index (χ3n) is 4.09. The van der Waals surface area contributed by atoms with E-state index in [1.54, 1.807) is 0 Å². The molecule has 1 aliphatic carbocycles. The predicted octanol–water partition coefficient (Wildman–Crippen LogP) is 3.19. The summed E-state index contributed by atoms with van der Waals surface area (Å²) >= 11 is 0. The average molecular weight is 261 g/mol. The van der Waals surface area contributed by atoms with Gasteiger partial charge in [0.05, 0.1) is 0 Å². The molecule has 1 aromatic carbocycles. The van der Waals surface area contributed by atoms with Gasteiger partial charge in [-0.3, -0.25) is 0 Å². The van der Waals surface area contributed by atoms with Crippen molar-refractivity contribution in [2.24, 2.45) is 0 Å². The molecule has 0 aromatic heterocycles. The number of nitrogens with one attached hydrogen (secondary N) is 1. The van der Waals surface area contributed by atoms with E-state index in [-0.39, 0.29) is 0 Å². The molecule has 3 nitrogen and oxygen atoms in total. The molecule has 0 spiro atoms. The van der Waals surface area contributed by atoms with E-state index in [1.807, 2.05) is 0 Å². The molecule has 19 heavy (non-hydrogen) atoms. The van der Waals surface area contributed by atoms with Gasteiger partial charge in [-0.05, 0) is 37.0 Å². The fourth-order valence-electron chi connectivity index (χ4n) is 3.07. The summed E-state index contributed by atoms with van der Waals surface area (Å²) in [5.41, 5.74) is 2.48. The van der Waals surface area contributed by atoms with Crippen LogP contribution in [0.4, 0.5) is 0 Å². The highest BCUT2D eigenvalue weighted by Gasteiger charge is 2.16. The van der Waals surface area contributed by atoms with Gasteiger partial charge in [0, 0.05) is 12.6 Å². The minimum absolute atomic E-state index is 0.659. The van der Waals surface area contributed by atoms with Crippen molar-refractivity contribution in [1.82, 2.24) is 5.32 Å². The van der Waals surface area contributed by atoms with Gasteiger partial charge >= 0.3 is 0 Å². The minimum atomic E-state index is 0.659. The summed E-state index contributed by atoms with van der Waals surface area (Å²) in [5, 5.41) is 3.68. The number of benzene rings is 1. The number of aryl methyl sites for hydroxylation is 1. The van der Waals surface area contributed by atoms with Crippen LogP contribution in [0.15, 0.2) is 12.1 Å². The van der Waals surface area contributed by atoms with Crippen molar-refractivity contribution in [3.8, 4) is 11.5 Å². The summed E-state index contributed by atoms with van der Waals surface area (Å²) in [5.74, 6) is 1.83. The molecule has 1 heterocycles. The van der Waals surface area contributed by atoms with Crippen LogP contribution in [-0.4, -0.2) is 19.3 Å². The normalized spacial score (nSPS) is 19.4. The van der Waals surface area contributed by atoms with Crippen LogP contribution >= 0.6 is 0 Å². The Bertz CT molecular complexity index is 439. The van der Waals surface area contributed by atoms with Crippen molar-refractivity contribution in [3.63, 3.8) is 0 Å². The highest BCUT2D eigenvalue weighted by molar-refractivity contribution is 5.49. The SMILES string of the molecule is Cc1cc(CNC2CCCCC2)cc2c1OCCO2. The Morgan fingerprint density at radius 3 is 2.74 bits per heavy atom. The van der Waals surface area contributed by atoms with Crippen LogP contribution < -0.4 is 14.8 Å². The van der Waals surface area contributed by atoms with Crippen LogP contribution in [-0.2, 0) is 6.54 Å². The molecule has 0 bridgehead atoms. The monoisotopic (exact) mass is 261 g/mol. The minimum Gasteiger partial charge on any atom is -0.486 e. The molecule has 3 rings (SSSR count). The highest BCUT2D eigenvalue weighted by Crippen LogP contribution is 2.34. The summed E-state index contributed by atoms with van der Waals surface area (Å²) in [6, 6.07) is 5.03. The zero-order chi connectivity index (χ0) is 13.1. The van der Waals surface area contributed by atoms with Crippen molar-refractivity contribution in [2.75, 3.05) is 13.2 Å². The predicted molar refractivity (Wildman–Crippen MR) is 75.9 cm³/mol. The Balaban J connectivity index is 1.65.